The van der Waals surface area contributed by atoms with Crippen molar-refractivity contribution in [2.45, 2.75) is 19.4 Å². The van der Waals surface area contributed by atoms with Crippen molar-refractivity contribution in [3.8, 4) is 0 Å². The van der Waals surface area contributed by atoms with E-state index in [9.17, 15) is 18.4 Å². The molecule has 0 unspecified atom stereocenters. The molecule has 18 heavy (non-hydrogen) atoms. The third-order valence-corrected chi connectivity index (χ3v) is 2.75. The lowest BCUT2D eigenvalue weighted by molar-refractivity contribution is -0.134. The molecule has 96 valence electrons. The molecule has 4 nitrogen and oxygen atoms in total. The van der Waals surface area contributed by atoms with E-state index in [0.29, 0.717) is 0 Å². The molecule has 1 N–H and O–H groups in total. The number of nitrogens with zero attached hydrogens (tertiary/aromatic N) is 1. The highest BCUT2D eigenvalue weighted by Gasteiger charge is 2.39. The molecule has 0 spiro atoms. The van der Waals surface area contributed by atoms with Crippen molar-refractivity contribution >= 4 is 17.5 Å². The van der Waals surface area contributed by atoms with E-state index >= 15 is 0 Å². The number of halogens is 2. The molecule has 1 saturated heterocycles. The van der Waals surface area contributed by atoms with E-state index in [0.717, 1.165) is 17.0 Å². The molecule has 0 atom stereocenters. The molecule has 0 bridgehead atoms. The van der Waals surface area contributed by atoms with Gasteiger partial charge in [0.1, 0.15) is 12.1 Å². The second-order valence-corrected chi connectivity index (χ2v) is 4.66. The molecule has 1 aliphatic heterocycles. The summed E-state index contributed by atoms with van der Waals surface area (Å²) in [5.41, 5.74) is -0.887. The minimum atomic E-state index is -1.06. The number of benzene rings is 1. The second kappa shape index (κ2) is 4.04. The Kier molecular flexibility index (Phi) is 2.80. The lowest BCUT2D eigenvalue weighted by atomic mass is 10.00. The third-order valence-electron chi connectivity index (χ3n) is 2.75. The Morgan fingerprint density at radius 3 is 2.50 bits per heavy atom. The van der Waals surface area contributed by atoms with Crippen LogP contribution in [0.25, 0.3) is 0 Å². The molecule has 6 heteroatoms. The van der Waals surface area contributed by atoms with Crippen LogP contribution in [0, 0.1) is 11.6 Å². The van der Waals surface area contributed by atoms with E-state index < -0.39 is 17.2 Å². The topological polar surface area (TPSA) is 49.4 Å². The van der Waals surface area contributed by atoms with Crippen LogP contribution >= 0.6 is 0 Å². The van der Waals surface area contributed by atoms with Gasteiger partial charge < -0.3 is 10.2 Å². The molecule has 1 heterocycles. The van der Waals surface area contributed by atoms with Gasteiger partial charge in [-0.25, -0.2) is 8.78 Å². The molecule has 1 aliphatic rings. The van der Waals surface area contributed by atoms with Crippen LogP contribution in [0.2, 0.25) is 0 Å². The van der Waals surface area contributed by atoms with E-state index in [2.05, 4.69) is 5.32 Å². The average molecular weight is 254 g/mol. The largest absolute Gasteiger partial charge is 0.341 e. The van der Waals surface area contributed by atoms with Crippen LogP contribution < -0.4 is 10.2 Å². The fourth-order valence-electron chi connectivity index (χ4n) is 1.86. The van der Waals surface area contributed by atoms with Crippen LogP contribution in [0.5, 0.6) is 0 Å². The lowest BCUT2D eigenvalue weighted by Crippen LogP contribution is -2.64. The van der Waals surface area contributed by atoms with Crippen LogP contribution in [0.1, 0.15) is 13.8 Å². The van der Waals surface area contributed by atoms with Crippen molar-refractivity contribution in [1.29, 1.82) is 0 Å². The first-order chi connectivity index (χ1) is 8.31. The monoisotopic (exact) mass is 254 g/mol. The van der Waals surface area contributed by atoms with Crippen molar-refractivity contribution in [2.75, 3.05) is 11.4 Å². The van der Waals surface area contributed by atoms with Crippen molar-refractivity contribution in [3.05, 3.63) is 29.8 Å². The highest BCUT2D eigenvalue weighted by Crippen LogP contribution is 2.23. The molecule has 1 aromatic rings. The van der Waals surface area contributed by atoms with Crippen LogP contribution in [0.3, 0.4) is 0 Å². The Morgan fingerprint density at radius 1 is 1.22 bits per heavy atom. The fraction of sp³-hybridized carbons (Fsp3) is 0.333. The minimum absolute atomic E-state index is 0.168. The second-order valence-electron chi connectivity index (χ2n) is 4.66. The number of anilines is 1. The zero-order valence-electron chi connectivity index (χ0n) is 9.96. The van der Waals surface area contributed by atoms with E-state index in [1.807, 2.05) is 0 Å². The van der Waals surface area contributed by atoms with Crippen molar-refractivity contribution < 1.29 is 18.4 Å². The molecule has 0 aromatic heterocycles. The van der Waals surface area contributed by atoms with Gasteiger partial charge in [-0.3, -0.25) is 9.59 Å². The van der Waals surface area contributed by atoms with E-state index in [1.54, 1.807) is 13.8 Å². The van der Waals surface area contributed by atoms with Crippen molar-refractivity contribution in [2.24, 2.45) is 0 Å². The first-order valence-corrected chi connectivity index (χ1v) is 5.39. The van der Waals surface area contributed by atoms with Gasteiger partial charge in [-0.1, -0.05) is 0 Å². The molecule has 2 rings (SSSR count). The number of hydrogen-bond acceptors (Lipinski definition) is 2. The van der Waals surface area contributed by atoms with E-state index in [4.69, 9.17) is 0 Å². The molecule has 0 saturated carbocycles. The number of hydrogen-bond donors (Lipinski definition) is 1. The number of carbonyl (C=O) groups is 2. The van der Waals surface area contributed by atoms with Gasteiger partial charge >= 0.3 is 0 Å². The predicted octanol–water partition coefficient (Wildman–Crippen LogP) is 1.21. The van der Waals surface area contributed by atoms with Crippen LogP contribution in [-0.2, 0) is 9.59 Å². The fourth-order valence-corrected chi connectivity index (χ4v) is 1.86. The Morgan fingerprint density at radius 2 is 1.89 bits per heavy atom. The molecule has 0 radical (unpaired) electrons. The standard InChI is InChI=1S/C12H12F2N2O2/c1-12(2)11(18)16(6-10(17)15-12)7-3-4-8(13)9(14)5-7/h3-5H,6H2,1-2H3,(H,15,17). The first kappa shape index (κ1) is 12.5. The minimum Gasteiger partial charge on any atom is -0.341 e. The Labute approximate surface area is 103 Å². The van der Waals surface area contributed by atoms with Crippen molar-refractivity contribution in [3.63, 3.8) is 0 Å². The van der Waals surface area contributed by atoms with Crippen LogP contribution in [-0.4, -0.2) is 23.9 Å². The predicted molar refractivity (Wildman–Crippen MR) is 60.9 cm³/mol. The smallest absolute Gasteiger partial charge is 0.252 e. The van der Waals surface area contributed by atoms with Gasteiger partial charge in [0.05, 0.1) is 0 Å². The summed E-state index contributed by atoms with van der Waals surface area (Å²) >= 11 is 0. The van der Waals surface area contributed by atoms with Gasteiger partial charge in [-0.05, 0) is 26.0 Å². The summed E-state index contributed by atoms with van der Waals surface area (Å²) in [6.45, 7) is 2.91. The summed E-state index contributed by atoms with van der Waals surface area (Å²) < 4.78 is 26.0. The first-order valence-electron chi connectivity index (χ1n) is 5.39. The lowest BCUT2D eigenvalue weighted by Gasteiger charge is -2.37. The summed E-state index contributed by atoms with van der Waals surface area (Å²) in [6.07, 6.45) is 0. The van der Waals surface area contributed by atoms with Gasteiger partial charge in [0, 0.05) is 11.8 Å². The van der Waals surface area contributed by atoms with Gasteiger partial charge in [0.25, 0.3) is 5.91 Å². The molecular formula is C12H12F2N2O2. The summed E-state index contributed by atoms with van der Waals surface area (Å²) in [5, 5.41) is 2.53. The maximum absolute atomic E-state index is 13.1. The summed E-state index contributed by atoms with van der Waals surface area (Å²) in [4.78, 5) is 24.7. The highest BCUT2D eigenvalue weighted by atomic mass is 19.2. The Bertz CT molecular complexity index is 529. The molecular weight excluding hydrogens is 242 g/mol. The Balaban J connectivity index is 2.39. The van der Waals surface area contributed by atoms with Gasteiger partial charge in [0.2, 0.25) is 5.91 Å². The summed E-state index contributed by atoms with van der Waals surface area (Å²) in [7, 11) is 0. The number of amides is 2. The molecule has 2 amide bonds. The highest BCUT2D eigenvalue weighted by molar-refractivity contribution is 6.08. The van der Waals surface area contributed by atoms with E-state index in [1.165, 1.54) is 6.07 Å². The number of piperazine rings is 1. The third kappa shape index (κ3) is 2.05. The average Bonchev–Trinajstić information content (AvgIpc) is 2.27. The SMILES string of the molecule is CC1(C)NC(=O)CN(c2ccc(F)c(F)c2)C1=O. The normalized spacial score (nSPS) is 18.8. The number of nitrogens with one attached hydrogen (secondary N) is 1. The Hall–Kier alpha value is -1.98. The van der Waals surface area contributed by atoms with Crippen molar-refractivity contribution in [1.82, 2.24) is 5.32 Å². The summed E-state index contributed by atoms with van der Waals surface area (Å²) in [5.74, 6) is -2.76. The van der Waals surface area contributed by atoms with Crippen LogP contribution in [0.4, 0.5) is 14.5 Å². The quantitative estimate of drug-likeness (QED) is 0.818. The van der Waals surface area contributed by atoms with Crippen LogP contribution in [0.15, 0.2) is 18.2 Å². The zero-order chi connectivity index (χ0) is 13.5. The van der Waals surface area contributed by atoms with Gasteiger partial charge in [-0.2, -0.15) is 0 Å². The van der Waals surface area contributed by atoms with Gasteiger partial charge in [0.15, 0.2) is 11.6 Å². The maximum Gasteiger partial charge on any atom is 0.252 e. The van der Waals surface area contributed by atoms with Gasteiger partial charge in [-0.15, -0.1) is 0 Å². The summed E-state index contributed by atoms with van der Waals surface area (Å²) in [6, 6.07) is 3.10. The number of rotatable bonds is 1. The van der Waals surface area contributed by atoms with E-state index in [-0.39, 0.29) is 24.0 Å². The molecule has 0 aliphatic carbocycles. The molecule has 1 aromatic carbocycles. The number of carbonyl (C=O) groups excluding carboxylic acids is 2. The molecule has 1 fully saturated rings. The zero-order valence-corrected chi connectivity index (χ0v) is 9.96. The maximum atomic E-state index is 13.1.